The lowest BCUT2D eigenvalue weighted by atomic mass is 10.2. The number of hydrogen-bond donors (Lipinski definition) is 2. The van der Waals surface area contributed by atoms with Crippen molar-refractivity contribution in [3.8, 4) is 11.5 Å². The Morgan fingerprint density at radius 1 is 1.33 bits per heavy atom. The van der Waals surface area contributed by atoms with Gasteiger partial charge in [-0.05, 0) is 33.6 Å². The molecule has 0 saturated carbocycles. The van der Waals surface area contributed by atoms with Crippen molar-refractivity contribution in [1.82, 2.24) is 5.32 Å². The lowest BCUT2D eigenvalue weighted by molar-refractivity contribution is 0.170. The van der Waals surface area contributed by atoms with Crippen LogP contribution < -0.4 is 14.8 Å². The number of hydrogen-bond acceptors (Lipinski definition) is 5. The van der Waals surface area contributed by atoms with Gasteiger partial charge in [-0.1, -0.05) is 6.92 Å². The molecule has 120 valence electrons. The highest BCUT2D eigenvalue weighted by molar-refractivity contribution is 9.10. The van der Waals surface area contributed by atoms with Gasteiger partial charge < -0.3 is 24.6 Å². The molecule has 0 aliphatic carbocycles. The van der Waals surface area contributed by atoms with Crippen molar-refractivity contribution in [3.63, 3.8) is 0 Å². The van der Waals surface area contributed by atoms with E-state index in [0.29, 0.717) is 24.7 Å². The molecule has 0 amide bonds. The highest BCUT2D eigenvalue weighted by Gasteiger charge is 2.13. The van der Waals surface area contributed by atoms with Crippen LogP contribution in [0.2, 0.25) is 0 Å². The first-order chi connectivity index (χ1) is 10.1. The van der Waals surface area contributed by atoms with Crippen LogP contribution in [-0.4, -0.2) is 45.7 Å². The zero-order valence-corrected chi connectivity index (χ0v) is 14.4. The third-order valence-electron chi connectivity index (χ3n) is 2.93. The first-order valence-corrected chi connectivity index (χ1v) is 7.71. The molecule has 1 atom stereocenters. The summed E-state index contributed by atoms with van der Waals surface area (Å²) in [6.07, 6.45) is 0. The molecule has 0 aromatic heterocycles. The maximum atomic E-state index is 9.05. The third kappa shape index (κ3) is 6.22. The Morgan fingerprint density at radius 3 is 2.71 bits per heavy atom. The minimum atomic E-state index is 0.0805. The second kappa shape index (κ2) is 10.00. The standard InChI is InChI=1S/C15H24BrNO4/c1-11(9-18)10-21-15-13(16)6-12(7-14(15)20-3)8-17-4-5-19-2/h6-7,11,17-18H,4-5,8-10H2,1-3H3. The summed E-state index contributed by atoms with van der Waals surface area (Å²) in [6.45, 7) is 4.67. The number of ether oxygens (including phenoxy) is 3. The van der Waals surface area contributed by atoms with Gasteiger partial charge in [-0.15, -0.1) is 0 Å². The van der Waals surface area contributed by atoms with Gasteiger partial charge in [-0.25, -0.2) is 0 Å². The second-order valence-corrected chi connectivity index (χ2v) is 5.73. The molecule has 1 aromatic rings. The van der Waals surface area contributed by atoms with Gasteiger partial charge in [0.1, 0.15) is 0 Å². The topological polar surface area (TPSA) is 60.0 Å². The summed E-state index contributed by atoms with van der Waals surface area (Å²) in [7, 11) is 3.30. The minimum absolute atomic E-state index is 0.0805. The van der Waals surface area contributed by atoms with Crippen molar-refractivity contribution in [2.45, 2.75) is 13.5 Å². The smallest absolute Gasteiger partial charge is 0.175 e. The largest absolute Gasteiger partial charge is 0.493 e. The van der Waals surface area contributed by atoms with E-state index >= 15 is 0 Å². The van der Waals surface area contributed by atoms with Crippen LogP contribution in [-0.2, 0) is 11.3 Å². The molecule has 0 bridgehead atoms. The molecule has 1 unspecified atom stereocenters. The number of benzene rings is 1. The van der Waals surface area contributed by atoms with Gasteiger partial charge in [0.2, 0.25) is 0 Å². The molecule has 2 N–H and O–H groups in total. The molecule has 1 aromatic carbocycles. The van der Waals surface area contributed by atoms with Crippen molar-refractivity contribution < 1.29 is 19.3 Å². The van der Waals surface area contributed by atoms with E-state index in [9.17, 15) is 0 Å². The third-order valence-corrected chi connectivity index (χ3v) is 3.51. The fourth-order valence-corrected chi connectivity index (χ4v) is 2.30. The van der Waals surface area contributed by atoms with Crippen LogP contribution in [0, 0.1) is 5.92 Å². The predicted octanol–water partition coefficient (Wildman–Crippen LogP) is 2.20. The Labute approximate surface area is 134 Å². The van der Waals surface area contributed by atoms with Gasteiger partial charge in [0.15, 0.2) is 11.5 Å². The van der Waals surface area contributed by atoms with Crippen LogP contribution in [0.5, 0.6) is 11.5 Å². The van der Waals surface area contributed by atoms with E-state index in [1.807, 2.05) is 19.1 Å². The van der Waals surface area contributed by atoms with Crippen molar-refractivity contribution in [2.24, 2.45) is 5.92 Å². The Morgan fingerprint density at radius 2 is 2.10 bits per heavy atom. The molecule has 0 fully saturated rings. The monoisotopic (exact) mass is 361 g/mol. The zero-order chi connectivity index (χ0) is 15.7. The maximum Gasteiger partial charge on any atom is 0.175 e. The van der Waals surface area contributed by atoms with Gasteiger partial charge in [0, 0.05) is 32.7 Å². The van der Waals surface area contributed by atoms with E-state index in [1.165, 1.54) is 0 Å². The molecule has 0 aliphatic rings. The molecule has 21 heavy (non-hydrogen) atoms. The molecule has 0 aliphatic heterocycles. The lowest BCUT2D eigenvalue weighted by Crippen LogP contribution is -2.18. The Bertz CT molecular complexity index is 428. The molecule has 0 radical (unpaired) electrons. The maximum absolute atomic E-state index is 9.05. The zero-order valence-electron chi connectivity index (χ0n) is 12.8. The number of aliphatic hydroxyl groups is 1. The fraction of sp³-hybridized carbons (Fsp3) is 0.600. The van der Waals surface area contributed by atoms with Crippen LogP contribution in [0.1, 0.15) is 12.5 Å². The van der Waals surface area contributed by atoms with E-state index in [4.69, 9.17) is 19.3 Å². The Kier molecular flexibility index (Phi) is 8.68. The molecule has 1 rings (SSSR count). The summed E-state index contributed by atoms with van der Waals surface area (Å²) >= 11 is 3.51. The fourth-order valence-electron chi connectivity index (χ4n) is 1.70. The molecule has 0 spiro atoms. The van der Waals surface area contributed by atoms with Gasteiger partial charge in [-0.3, -0.25) is 0 Å². The quantitative estimate of drug-likeness (QED) is 0.625. The van der Waals surface area contributed by atoms with E-state index < -0.39 is 0 Å². The summed E-state index contributed by atoms with van der Waals surface area (Å²) in [5.41, 5.74) is 1.09. The van der Waals surface area contributed by atoms with Gasteiger partial charge in [-0.2, -0.15) is 0 Å². The summed E-state index contributed by atoms with van der Waals surface area (Å²) in [6, 6.07) is 3.95. The highest BCUT2D eigenvalue weighted by atomic mass is 79.9. The van der Waals surface area contributed by atoms with Crippen molar-refractivity contribution in [2.75, 3.05) is 40.6 Å². The summed E-state index contributed by atoms with van der Waals surface area (Å²) in [5.74, 6) is 1.42. The molecule has 6 heteroatoms. The summed E-state index contributed by atoms with van der Waals surface area (Å²) in [4.78, 5) is 0. The second-order valence-electron chi connectivity index (χ2n) is 4.88. The van der Waals surface area contributed by atoms with Gasteiger partial charge in [0.25, 0.3) is 0 Å². The number of halogens is 1. The Hall–Kier alpha value is -0.820. The first-order valence-electron chi connectivity index (χ1n) is 6.92. The van der Waals surface area contributed by atoms with Crippen LogP contribution in [0.3, 0.4) is 0 Å². The first kappa shape index (κ1) is 18.2. The van der Waals surface area contributed by atoms with Crippen LogP contribution in [0.4, 0.5) is 0 Å². The van der Waals surface area contributed by atoms with Crippen LogP contribution >= 0.6 is 15.9 Å². The van der Waals surface area contributed by atoms with Gasteiger partial charge >= 0.3 is 0 Å². The van der Waals surface area contributed by atoms with E-state index in [0.717, 1.165) is 23.1 Å². The van der Waals surface area contributed by atoms with Gasteiger partial charge in [0.05, 0.1) is 24.8 Å². The SMILES string of the molecule is COCCNCc1cc(Br)c(OCC(C)CO)c(OC)c1. The van der Waals surface area contributed by atoms with Crippen LogP contribution in [0.15, 0.2) is 16.6 Å². The van der Waals surface area contributed by atoms with E-state index in [-0.39, 0.29) is 12.5 Å². The average molecular weight is 362 g/mol. The lowest BCUT2D eigenvalue weighted by Gasteiger charge is -2.16. The van der Waals surface area contributed by atoms with Crippen molar-refractivity contribution in [1.29, 1.82) is 0 Å². The molecular formula is C15H24BrNO4. The van der Waals surface area contributed by atoms with Crippen LogP contribution in [0.25, 0.3) is 0 Å². The molecule has 5 nitrogen and oxygen atoms in total. The predicted molar refractivity (Wildman–Crippen MR) is 86.0 cm³/mol. The molecule has 0 heterocycles. The minimum Gasteiger partial charge on any atom is -0.493 e. The van der Waals surface area contributed by atoms with Crippen molar-refractivity contribution >= 4 is 15.9 Å². The highest BCUT2D eigenvalue weighted by Crippen LogP contribution is 2.36. The number of nitrogens with one attached hydrogen (secondary N) is 1. The number of rotatable bonds is 10. The van der Waals surface area contributed by atoms with E-state index in [1.54, 1.807) is 14.2 Å². The van der Waals surface area contributed by atoms with Crippen molar-refractivity contribution in [3.05, 3.63) is 22.2 Å². The molecular weight excluding hydrogens is 338 g/mol. The summed E-state index contributed by atoms with van der Waals surface area (Å²) in [5, 5.41) is 12.3. The average Bonchev–Trinajstić information content (AvgIpc) is 2.49. The Balaban J connectivity index is 2.72. The normalized spacial score (nSPS) is 12.2. The van der Waals surface area contributed by atoms with E-state index in [2.05, 4.69) is 21.2 Å². The number of methoxy groups -OCH3 is 2. The number of aliphatic hydroxyl groups excluding tert-OH is 1. The molecule has 0 saturated heterocycles. The summed E-state index contributed by atoms with van der Waals surface area (Å²) < 4.78 is 17.0.